The number of benzene rings is 2. The van der Waals surface area contributed by atoms with Crippen LogP contribution in [0.25, 0.3) is 0 Å². The zero-order valence-electron chi connectivity index (χ0n) is 18.7. The predicted octanol–water partition coefficient (Wildman–Crippen LogP) is 3.59. The van der Waals surface area contributed by atoms with Gasteiger partial charge in [-0.05, 0) is 54.3 Å². The van der Waals surface area contributed by atoms with Crippen molar-refractivity contribution in [1.29, 1.82) is 5.26 Å². The molecular weight excluding hydrogens is 388 g/mol. The maximum atomic E-state index is 12.8. The molecule has 3 rings (SSSR count). The summed E-state index contributed by atoms with van der Waals surface area (Å²) in [6.45, 7) is 8.20. The van der Waals surface area contributed by atoms with Gasteiger partial charge in [-0.15, -0.1) is 0 Å². The lowest BCUT2D eigenvalue weighted by molar-refractivity contribution is -0.123. The van der Waals surface area contributed by atoms with Gasteiger partial charge in [-0.2, -0.15) is 5.26 Å². The average Bonchev–Trinajstić information content (AvgIpc) is 3.03. The molecule has 1 aliphatic heterocycles. The number of carbonyl (C=O) groups is 1. The fourth-order valence-electron chi connectivity index (χ4n) is 4.00. The zero-order valence-corrected chi connectivity index (χ0v) is 18.7. The summed E-state index contributed by atoms with van der Waals surface area (Å²) in [5.41, 5.74) is 2.89. The third-order valence-corrected chi connectivity index (χ3v) is 5.78. The Hall–Kier alpha value is -3.04. The molecule has 1 heterocycles. The lowest BCUT2D eigenvalue weighted by Crippen LogP contribution is -2.41. The molecule has 0 aliphatic carbocycles. The number of carbonyl (C=O) groups excluding carboxylic acids is 1. The van der Waals surface area contributed by atoms with E-state index in [9.17, 15) is 4.79 Å². The molecule has 1 amide bonds. The second-order valence-electron chi connectivity index (χ2n) is 8.34. The minimum atomic E-state index is -0.0273. The van der Waals surface area contributed by atoms with Gasteiger partial charge < -0.3 is 15.0 Å². The van der Waals surface area contributed by atoms with Crippen LogP contribution in [0, 0.1) is 17.2 Å². The molecule has 1 atom stereocenters. The number of hydrogen-bond donors (Lipinski definition) is 1. The fourth-order valence-corrected chi connectivity index (χ4v) is 4.00. The molecule has 1 aliphatic rings. The molecule has 6 nitrogen and oxygen atoms in total. The van der Waals surface area contributed by atoms with Gasteiger partial charge in [-0.3, -0.25) is 9.69 Å². The summed E-state index contributed by atoms with van der Waals surface area (Å²) in [5, 5.41) is 12.2. The molecule has 0 radical (unpaired) electrons. The SMILES string of the molecule is COc1ccc(C(NC(=O)CN2CCCN(c3ccc(C#N)cc3)CC2)C(C)C)cc1. The van der Waals surface area contributed by atoms with Crippen LogP contribution < -0.4 is 15.0 Å². The molecule has 2 aromatic rings. The van der Waals surface area contributed by atoms with Crippen molar-refractivity contribution in [1.82, 2.24) is 10.2 Å². The van der Waals surface area contributed by atoms with E-state index in [1.54, 1.807) is 7.11 Å². The number of anilines is 1. The van der Waals surface area contributed by atoms with E-state index < -0.39 is 0 Å². The van der Waals surface area contributed by atoms with E-state index >= 15 is 0 Å². The Balaban J connectivity index is 1.55. The van der Waals surface area contributed by atoms with Crippen molar-refractivity contribution in [2.45, 2.75) is 26.3 Å². The topological polar surface area (TPSA) is 68.6 Å². The first-order valence-corrected chi connectivity index (χ1v) is 10.9. The van der Waals surface area contributed by atoms with Gasteiger partial charge in [0, 0.05) is 31.9 Å². The largest absolute Gasteiger partial charge is 0.497 e. The lowest BCUT2D eigenvalue weighted by atomic mass is 9.96. The molecule has 164 valence electrons. The normalized spacial score (nSPS) is 15.8. The Kier molecular flexibility index (Phi) is 7.91. The predicted molar refractivity (Wildman–Crippen MR) is 123 cm³/mol. The smallest absolute Gasteiger partial charge is 0.234 e. The van der Waals surface area contributed by atoms with Crippen LogP contribution in [-0.4, -0.2) is 50.6 Å². The molecule has 1 unspecified atom stereocenters. The highest BCUT2D eigenvalue weighted by atomic mass is 16.5. The van der Waals surface area contributed by atoms with Crippen LogP contribution in [-0.2, 0) is 4.79 Å². The van der Waals surface area contributed by atoms with E-state index in [1.807, 2.05) is 48.5 Å². The number of rotatable bonds is 7. The van der Waals surface area contributed by atoms with E-state index in [-0.39, 0.29) is 17.9 Å². The van der Waals surface area contributed by atoms with E-state index in [4.69, 9.17) is 10.00 Å². The number of amides is 1. The Bertz CT molecular complexity index is 887. The monoisotopic (exact) mass is 420 g/mol. The second kappa shape index (κ2) is 10.8. The minimum absolute atomic E-state index is 0.0273. The molecule has 0 aromatic heterocycles. The van der Waals surface area contributed by atoms with Crippen LogP contribution in [0.3, 0.4) is 0 Å². The Morgan fingerprint density at radius 1 is 1.06 bits per heavy atom. The van der Waals surface area contributed by atoms with Crippen molar-refractivity contribution in [3.05, 3.63) is 59.7 Å². The minimum Gasteiger partial charge on any atom is -0.497 e. The highest BCUT2D eigenvalue weighted by Gasteiger charge is 2.21. The molecule has 2 aromatic carbocycles. The first-order chi connectivity index (χ1) is 15.0. The van der Waals surface area contributed by atoms with E-state index in [0.717, 1.165) is 49.6 Å². The molecule has 6 heteroatoms. The Morgan fingerprint density at radius 3 is 2.39 bits per heavy atom. The molecule has 0 bridgehead atoms. The molecule has 1 saturated heterocycles. The zero-order chi connectivity index (χ0) is 22.2. The van der Waals surface area contributed by atoms with Gasteiger partial charge in [-0.25, -0.2) is 0 Å². The standard InChI is InChI=1S/C25H32N4O2/c1-19(2)25(21-7-11-23(31-3)12-8-21)27-24(30)18-28-13-4-14-29(16-15-28)22-9-5-20(17-26)6-10-22/h5-12,19,25H,4,13-16,18H2,1-3H3,(H,27,30). The summed E-state index contributed by atoms with van der Waals surface area (Å²) in [6, 6.07) is 17.8. The fraction of sp³-hybridized carbons (Fsp3) is 0.440. The molecule has 1 N–H and O–H groups in total. The summed E-state index contributed by atoms with van der Waals surface area (Å²) >= 11 is 0. The van der Waals surface area contributed by atoms with Crippen molar-refractivity contribution >= 4 is 11.6 Å². The van der Waals surface area contributed by atoms with Gasteiger partial charge in [0.1, 0.15) is 5.75 Å². The third-order valence-electron chi connectivity index (χ3n) is 5.78. The highest BCUT2D eigenvalue weighted by Crippen LogP contribution is 2.24. The third kappa shape index (κ3) is 6.22. The van der Waals surface area contributed by atoms with Crippen molar-refractivity contribution in [2.75, 3.05) is 44.7 Å². The van der Waals surface area contributed by atoms with Gasteiger partial charge in [0.05, 0.1) is 31.3 Å². The average molecular weight is 421 g/mol. The van der Waals surface area contributed by atoms with Crippen LogP contribution in [0.1, 0.15) is 37.4 Å². The van der Waals surface area contributed by atoms with E-state index in [1.165, 1.54) is 0 Å². The second-order valence-corrected chi connectivity index (χ2v) is 8.34. The molecule has 0 saturated carbocycles. The highest BCUT2D eigenvalue weighted by molar-refractivity contribution is 5.78. The summed E-state index contributed by atoms with van der Waals surface area (Å²) in [5.74, 6) is 1.16. The number of nitrogens with one attached hydrogen (secondary N) is 1. The molecule has 1 fully saturated rings. The van der Waals surface area contributed by atoms with Crippen LogP contribution in [0.2, 0.25) is 0 Å². The first kappa shape index (κ1) is 22.6. The maximum absolute atomic E-state index is 12.8. The van der Waals surface area contributed by atoms with Crippen molar-refractivity contribution in [3.63, 3.8) is 0 Å². The summed E-state index contributed by atoms with van der Waals surface area (Å²) in [7, 11) is 1.65. The van der Waals surface area contributed by atoms with Gasteiger partial charge in [0.25, 0.3) is 0 Å². The Labute approximate surface area is 185 Å². The van der Waals surface area contributed by atoms with Crippen LogP contribution in [0.15, 0.2) is 48.5 Å². The van der Waals surface area contributed by atoms with Gasteiger partial charge in [0.15, 0.2) is 0 Å². The summed E-state index contributed by atoms with van der Waals surface area (Å²) in [6.07, 6.45) is 0.999. The van der Waals surface area contributed by atoms with E-state index in [0.29, 0.717) is 12.1 Å². The Morgan fingerprint density at radius 2 is 1.77 bits per heavy atom. The van der Waals surface area contributed by atoms with Crippen molar-refractivity contribution in [3.8, 4) is 11.8 Å². The van der Waals surface area contributed by atoms with Crippen molar-refractivity contribution in [2.24, 2.45) is 5.92 Å². The molecule has 31 heavy (non-hydrogen) atoms. The molecule has 0 spiro atoms. The summed E-state index contributed by atoms with van der Waals surface area (Å²) < 4.78 is 5.24. The van der Waals surface area contributed by atoms with E-state index in [2.05, 4.69) is 35.0 Å². The van der Waals surface area contributed by atoms with Gasteiger partial charge in [-0.1, -0.05) is 26.0 Å². The maximum Gasteiger partial charge on any atom is 0.234 e. The number of methoxy groups -OCH3 is 1. The van der Waals surface area contributed by atoms with Gasteiger partial charge in [0.2, 0.25) is 5.91 Å². The van der Waals surface area contributed by atoms with Crippen LogP contribution >= 0.6 is 0 Å². The summed E-state index contributed by atoms with van der Waals surface area (Å²) in [4.78, 5) is 17.4. The number of nitriles is 1. The van der Waals surface area contributed by atoms with Crippen molar-refractivity contribution < 1.29 is 9.53 Å². The quantitative estimate of drug-likeness (QED) is 0.741. The molecular formula is C25H32N4O2. The van der Waals surface area contributed by atoms with Crippen LogP contribution in [0.4, 0.5) is 5.69 Å². The first-order valence-electron chi connectivity index (χ1n) is 10.9. The van der Waals surface area contributed by atoms with Gasteiger partial charge >= 0.3 is 0 Å². The van der Waals surface area contributed by atoms with Crippen LogP contribution in [0.5, 0.6) is 5.75 Å². The number of hydrogen-bond acceptors (Lipinski definition) is 5. The number of ether oxygens (including phenoxy) is 1. The lowest BCUT2D eigenvalue weighted by Gasteiger charge is -2.26. The number of nitrogens with zero attached hydrogens (tertiary/aromatic N) is 3.